The number of benzene rings is 1. The van der Waals surface area contributed by atoms with Gasteiger partial charge in [-0.25, -0.2) is 9.97 Å². The van der Waals surface area contributed by atoms with Crippen molar-refractivity contribution in [1.82, 2.24) is 20.3 Å². The number of pyridine rings is 1. The minimum atomic E-state index is -0.258. The van der Waals surface area contributed by atoms with Gasteiger partial charge in [0.05, 0.1) is 0 Å². The number of aromatic nitrogens is 3. The van der Waals surface area contributed by atoms with Crippen LogP contribution in [-0.2, 0) is 6.54 Å². The summed E-state index contributed by atoms with van der Waals surface area (Å²) < 4.78 is 0. The van der Waals surface area contributed by atoms with Gasteiger partial charge in [0.15, 0.2) is 0 Å². The van der Waals surface area contributed by atoms with Crippen LogP contribution in [0, 0.1) is 0 Å². The van der Waals surface area contributed by atoms with Gasteiger partial charge in [-0.2, -0.15) is 0 Å². The van der Waals surface area contributed by atoms with Gasteiger partial charge in [0.2, 0.25) is 5.95 Å². The van der Waals surface area contributed by atoms with E-state index in [2.05, 4.69) is 56.5 Å². The SMILES string of the molecule is CCN(CC)c1ccc(Nc2nccc(C(=O)NCc3cccnc3)n2)cc1. The van der Waals surface area contributed by atoms with Crippen molar-refractivity contribution in [3.8, 4) is 0 Å². The molecule has 0 fully saturated rings. The Labute approximate surface area is 164 Å². The molecule has 1 aromatic carbocycles. The molecule has 3 rings (SSSR count). The average molecular weight is 376 g/mol. The highest BCUT2D eigenvalue weighted by Gasteiger charge is 2.09. The Balaban J connectivity index is 1.63. The third kappa shape index (κ3) is 5.03. The summed E-state index contributed by atoms with van der Waals surface area (Å²) in [6.07, 6.45) is 4.98. The van der Waals surface area contributed by atoms with Crippen molar-refractivity contribution in [1.29, 1.82) is 0 Å². The average Bonchev–Trinajstić information content (AvgIpc) is 2.75. The topological polar surface area (TPSA) is 83.0 Å². The lowest BCUT2D eigenvalue weighted by molar-refractivity contribution is 0.0946. The van der Waals surface area contributed by atoms with E-state index < -0.39 is 0 Å². The molecule has 2 aromatic heterocycles. The number of anilines is 3. The molecule has 2 heterocycles. The minimum absolute atomic E-state index is 0.258. The molecule has 2 N–H and O–H groups in total. The van der Waals surface area contributed by atoms with Gasteiger partial charge in [-0.05, 0) is 55.8 Å². The van der Waals surface area contributed by atoms with Crippen LogP contribution in [0.5, 0.6) is 0 Å². The molecule has 1 amide bonds. The predicted molar refractivity (Wildman–Crippen MR) is 111 cm³/mol. The summed E-state index contributed by atoms with van der Waals surface area (Å²) in [6, 6.07) is 13.4. The Morgan fingerprint density at radius 2 is 1.82 bits per heavy atom. The van der Waals surface area contributed by atoms with E-state index >= 15 is 0 Å². The molecule has 0 saturated heterocycles. The van der Waals surface area contributed by atoms with E-state index in [0.717, 1.165) is 24.3 Å². The molecular formula is C21H24N6O. The first-order valence-corrected chi connectivity index (χ1v) is 9.31. The molecule has 28 heavy (non-hydrogen) atoms. The number of carbonyl (C=O) groups excluding carboxylic acids is 1. The number of nitrogens with zero attached hydrogens (tertiary/aromatic N) is 4. The van der Waals surface area contributed by atoms with Crippen molar-refractivity contribution < 1.29 is 4.79 Å². The molecule has 0 bridgehead atoms. The number of hydrogen-bond donors (Lipinski definition) is 2. The van der Waals surface area contributed by atoms with Crippen molar-refractivity contribution in [2.45, 2.75) is 20.4 Å². The smallest absolute Gasteiger partial charge is 0.270 e. The zero-order chi connectivity index (χ0) is 19.8. The number of amides is 1. The Kier molecular flexibility index (Phi) is 6.51. The van der Waals surface area contributed by atoms with Crippen LogP contribution < -0.4 is 15.5 Å². The highest BCUT2D eigenvalue weighted by Crippen LogP contribution is 2.19. The predicted octanol–water partition coefficient (Wildman–Crippen LogP) is 3.39. The molecule has 7 nitrogen and oxygen atoms in total. The fourth-order valence-corrected chi connectivity index (χ4v) is 2.79. The molecule has 0 saturated carbocycles. The largest absolute Gasteiger partial charge is 0.372 e. The zero-order valence-electron chi connectivity index (χ0n) is 16.1. The first-order chi connectivity index (χ1) is 13.7. The van der Waals surface area contributed by atoms with E-state index in [1.807, 2.05) is 24.3 Å². The third-order valence-electron chi connectivity index (χ3n) is 4.32. The molecule has 0 aliphatic rings. The summed E-state index contributed by atoms with van der Waals surface area (Å²) in [5.74, 6) is 0.121. The summed E-state index contributed by atoms with van der Waals surface area (Å²) in [6.45, 7) is 6.58. The molecule has 0 aliphatic carbocycles. The lowest BCUT2D eigenvalue weighted by Crippen LogP contribution is -2.24. The van der Waals surface area contributed by atoms with E-state index in [0.29, 0.717) is 18.2 Å². The van der Waals surface area contributed by atoms with Gasteiger partial charge in [0.25, 0.3) is 5.91 Å². The molecule has 0 unspecified atom stereocenters. The molecular weight excluding hydrogens is 352 g/mol. The van der Waals surface area contributed by atoms with E-state index in [-0.39, 0.29) is 5.91 Å². The van der Waals surface area contributed by atoms with E-state index in [1.54, 1.807) is 24.7 Å². The normalized spacial score (nSPS) is 10.4. The lowest BCUT2D eigenvalue weighted by atomic mass is 10.2. The number of hydrogen-bond acceptors (Lipinski definition) is 6. The van der Waals surface area contributed by atoms with Crippen molar-refractivity contribution in [2.75, 3.05) is 23.3 Å². The second-order valence-electron chi connectivity index (χ2n) is 6.15. The maximum atomic E-state index is 12.4. The summed E-state index contributed by atoms with van der Waals surface area (Å²) >= 11 is 0. The first-order valence-electron chi connectivity index (χ1n) is 9.31. The van der Waals surface area contributed by atoms with Crippen LogP contribution in [0.4, 0.5) is 17.3 Å². The molecule has 3 aromatic rings. The fraction of sp³-hybridized carbons (Fsp3) is 0.238. The molecule has 0 spiro atoms. The van der Waals surface area contributed by atoms with Gasteiger partial charge in [-0.15, -0.1) is 0 Å². The highest BCUT2D eigenvalue weighted by molar-refractivity contribution is 5.92. The number of nitrogens with one attached hydrogen (secondary N) is 2. The van der Waals surface area contributed by atoms with Crippen molar-refractivity contribution in [3.05, 3.63) is 72.3 Å². The second-order valence-corrected chi connectivity index (χ2v) is 6.15. The molecule has 0 atom stereocenters. The second kappa shape index (κ2) is 9.45. The Bertz CT molecular complexity index is 894. The van der Waals surface area contributed by atoms with Crippen LogP contribution >= 0.6 is 0 Å². The third-order valence-corrected chi connectivity index (χ3v) is 4.32. The van der Waals surface area contributed by atoms with Crippen LogP contribution in [0.2, 0.25) is 0 Å². The van der Waals surface area contributed by atoms with Gasteiger partial charge in [-0.1, -0.05) is 6.07 Å². The van der Waals surface area contributed by atoms with E-state index in [1.165, 1.54) is 5.69 Å². The van der Waals surface area contributed by atoms with Crippen LogP contribution in [0.1, 0.15) is 29.9 Å². The fourth-order valence-electron chi connectivity index (χ4n) is 2.79. The van der Waals surface area contributed by atoms with Crippen molar-refractivity contribution >= 4 is 23.2 Å². The van der Waals surface area contributed by atoms with E-state index in [9.17, 15) is 4.79 Å². The zero-order valence-corrected chi connectivity index (χ0v) is 16.1. The van der Waals surface area contributed by atoms with Crippen LogP contribution in [0.25, 0.3) is 0 Å². The summed E-state index contributed by atoms with van der Waals surface area (Å²) in [4.78, 5) is 27.2. The quantitative estimate of drug-likeness (QED) is 0.627. The molecule has 0 aliphatic heterocycles. The lowest BCUT2D eigenvalue weighted by Gasteiger charge is -2.21. The summed E-state index contributed by atoms with van der Waals surface area (Å²) in [7, 11) is 0. The van der Waals surface area contributed by atoms with E-state index in [4.69, 9.17) is 0 Å². The molecule has 0 radical (unpaired) electrons. The number of carbonyl (C=O) groups is 1. The van der Waals surface area contributed by atoms with Crippen LogP contribution in [0.3, 0.4) is 0 Å². The Hall–Kier alpha value is -3.48. The summed E-state index contributed by atoms with van der Waals surface area (Å²) in [5, 5.41) is 5.98. The number of rotatable bonds is 8. The van der Waals surface area contributed by atoms with Gasteiger partial charge in [0, 0.05) is 49.6 Å². The summed E-state index contributed by atoms with van der Waals surface area (Å²) in [5.41, 5.74) is 3.27. The van der Waals surface area contributed by atoms with Gasteiger partial charge < -0.3 is 15.5 Å². The van der Waals surface area contributed by atoms with Crippen molar-refractivity contribution in [2.24, 2.45) is 0 Å². The maximum absolute atomic E-state index is 12.4. The van der Waals surface area contributed by atoms with Crippen molar-refractivity contribution in [3.63, 3.8) is 0 Å². The minimum Gasteiger partial charge on any atom is -0.372 e. The Morgan fingerprint density at radius 1 is 1.04 bits per heavy atom. The first kappa shape index (κ1) is 19.3. The van der Waals surface area contributed by atoms with Crippen LogP contribution in [0.15, 0.2) is 61.1 Å². The van der Waals surface area contributed by atoms with Gasteiger partial charge >= 0.3 is 0 Å². The maximum Gasteiger partial charge on any atom is 0.270 e. The molecule has 144 valence electrons. The highest BCUT2D eigenvalue weighted by atomic mass is 16.1. The van der Waals surface area contributed by atoms with Gasteiger partial charge in [0.1, 0.15) is 5.69 Å². The molecule has 7 heteroatoms. The van der Waals surface area contributed by atoms with Crippen LogP contribution in [-0.4, -0.2) is 33.9 Å². The Morgan fingerprint density at radius 3 is 2.50 bits per heavy atom. The monoisotopic (exact) mass is 376 g/mol. The van der Waals surface area contributed by atoms with Gasteiger partial charge in [-0.3, -0.25) is 9.78 Å². The standard InChI is InChI=1S/C21H24N6O/c1-3-27(4-2)18-9-7-17(8-10-18)25-21-23-13-11-19(26-21)20(28)24-15-16-6-5-12-22-14-16/h5-14H,3-4,15H2,1-2H3,(H,24,28)(H,23,25,26).